The van der Waals surface area contributed by atoms with E-state index in [1.165, 1.54) is 18.5 Å². The van der Waals surface area contributed by atoms with E-state index in [4.69, 9.17) is 5.73 Å². The maximum Gasteiger partial charge on any atom is 0.125 e. The van der Waals surface area contributed by atoms with Gasteiger partial charge < -0.3 is 10.6 Å². The molecule has 1 fully saturated rings. The van der Waals surface area contributed by atoms with Gasteiger partial charge in [0.05, 0.1) is 0 Å². The molecule has 2 heterocycles. The van der Waals surface area contributed by atoms with Crippen LogP contribution in [-0.4, -0.2) is 18.1 Å². The van der Waals surface area contributed by atoms with Crippen molar-refractivity contribution in [2.45, 2.75) is 33.6 Å². The van der Waals surface area contributed by atoms with Crippen molar-refractivity contribution in [3.8, 4) is 0 Å². The van der Waals surface area contributed by atoms with Gasteiger partial charge in [-0.05, 0) is 30.2 Å². The lowest BCUT2D eigenvalue weighted by Gasteiger charge is -2.39. The van der Waals surface area contributed by atoms with Gasteiger partial charge in [0.2, 0.25) is 0 Å². The van der Waals surface area contributed by atoms with Gasteiger partial charge in [0.25, 0.3) is 0 Å². The predicted octanol–water partition coefficient (Wildman–Crippen LogP) is 2.93. The van der Waals surface area contributed by atoms with Crippen LogP contribution in [0.15, 0.2) is 18.3 Å². The van der Waals surface area contributed by atoms with Crippen molar-refractivity contribution in [3.63, 3.8) is 0 Å². The van der Waals surface area contributed by atoms with E-state index in [1.54, 1.807) is 6.20 Å². The van der Waals surface area contributed by atoms with Crippen molar-refractivity contribution in [2.75, 3.05) is 23.7 Å². The zero-order chi connectivity index (χ0) is 12.5. The van der Waals surface area contributed by atoms with E-state index in [-0.39, 0.29) is 0 Å². The fraction of sp³-hybridized carbons (Fsp3) is 0.643. The molecule has 0 radical (unpaired) electrons. The normalized spacial score (nSPS) is 18.4. The monoisotopic (exact) mass is 233 g/mol. The summed E-state index contributed by atoms with van der Waals surface area (Å²) in [5, 5.41) is 0. The topological polar surface area (TPSA) is 42.2 Å². The maximum absolute atomic E-state index is 5.72. The summed E-state index contributed by atoms with van der Waals surface area (Å²) in [6.45, 7) is 9.30. The number of aromatic nitrogens is 1. The average Bonchev–Trinajstić information content (AvgIpc) is 2.28. The lowest BCUT2D eigenvalue weighted by Crippen LogP contribution is -2.38. The molecule has 3 nitrogen and oxygen atoms in total. The standard InChI is InChI=1S/C14H23N3/c1-14(2,3)11-5-8-17(9-6-11)12-4-7-16-13(15)10-12/h4,7,10-11H,5-6,8-9H2,1-3H3,(H2,15,16). The highest BCUT2D eigenvalue weighted by molar-refractivity contribution is 5.52. The summed E-state index contributed by atoms with van der Waals surface area (Å²) < 4.78 is 0. The smallest absolute Gasteiger partial charge is 0.125 e. The van der Waals surface area contributed by atoms with E-state index >= 15 is 0 Å². The van der Waals surface area contributed by atoms with Gasteiger partial charge in [-0.2, -0.15) is 0 Å². The molecular formula is C14H23N3. The van der Waals surface area contributed by atoms with Gasteiger partial charge in [0.15, 0.2) is 0 Å². The van der Waals surface area contributed by atoms with E-state index in [1.807, 2.05) is 12.1 Å². The van der Waals surface area contributed by atoms with Gasteiger partial charge in [-0.3, -0.25) is 0 Å². The first-order chi connectivity index (χ1) is 7.97. The van der Waals surface area contributed by atoms with Crippen LogP contribution in [-0.2, 0) is 0 Å². The number of nitrogens with two attached hydrogens (primary N) is 1. The molecule has 0 aliphatic carbocycles. The highest BCUT2D eigenvalue weighted by Crippen LogP contribution is 2.35. The summed E-state index contributed by atoms with van der Waals surface area (Å²) in [7, 11) is 0. The van der Waals surface area contributed by atoms with Crippen LogP contribution < -0.4 is 10.6 Å². The number of anilines is 2. The predicted molar refractivity (Wildman–Crippen MR) is 73.0 cm³/mol. The SMILES string of the molecule is CC(C)(C)C1CCN(c2ccnc(N)c2)CC1. The number of nitrogens with zero attached hydrogens (tertiary/aromatic N) is 2. The van der Waals surface area contributed by atoms with Gasteiger partial charge in [-0.1, -0.05) is 20.8 Å². The Hall–Kier alpha value is -1.25. The Bertz CT molecular complexity index is 373. The molecule has 0 bridgehead atoms. The molecule has 1 aromatic rings. The largest absolute Gasteiger partial charge is 0.384 e. The zero-order valence-corrected chi connectivity index (χ0v) is 11.1. The lowest BCUT2D eigenvalue weighted by molar-refractivity contribution is 0.199. The molecule has 2 N–H and O–H groups in total. The minimum absolute atomic E-state index is 0.434. The van der Waals surface area contributed by atoms with E-state index in [0.29, 0.717) is 11.2 Å². The minimum Gasteiger partial charge on any atom is -0.384 e. The molecule has 1 aliphatic heterocycles. The number of hydrogen-bond donors (Lipinski definition) is 1. The molecule has 0 aromatic carbocycles. The molecule has 0 atom stereocenters. The van der Waals surface area contributed by atoms with Gasteiger partial charge in [0, 0.05) is 31.0 Å². The first-order valence-electron chi connectivity index (χ1n) is 6.43. The van der Waals surface area contributed by atoms with E-state index in [9.17, 15) is 0 Å². The molecular weight excluding hydrogens is 210 g/mol. The molecule has 0 amide bonds. The molecule has 17 heavy (non-hydrogen) atoms. The van der Waals surface area contributed by atoms with Gasteiger partial charge >= 0.3 is 0 Å². The minimum atomic E-state index is 0.434. The van der Waals surface area contributed by atoms with Crippen LogP contribution in [0.4, 0.5) is 11.5 Å². The highest BCUT2D eigenvalue weighted by Gasteiger charge is 2.28. The van der Waals surface area contributed by atoms with E-state index in [2.05, 4.69) is 30.7 Å². The molecule has 0 unspecified atom stereocenters. The molecule has 94 valence electrons. The van der Waals surface area contributed by atoms with E-state index in [0.717, 1.165) is 19.0 Å². The molecule has 2 rings (SSSR count). The fourth-order valence-electron chi connectivity index (χ4n) is 2.64. The molecule has 3 heteroatoms. The van der Waals surface area contributed by atoms with Crippen LogP contribution in [0.25, 0.3) is 0 Å². The third kappa shape index (κ3) is 2.90. The highest BCUT2D eigenvalue weighted by atomic mass is 15.1. The number of pyridine rings is 1. The molecule has 1 aromatic heterocycles. The first-order valence-corrected chi connectivity index (χ1v) is 6.43. The summed E-state index contributed by atoms with van der Waals surface area (Å²) in [5.41, 5.74) is 7.37. The van der Waals surface area contributed by atoms with Crippen LogP contribution in [0.1, 0.15) is 33.6 Å². The van der Waals surface area contributed by atoms with Crippen molar-refractivity contribution >= 4 is 11.5 Å². The van der Waals surface area contributed by atoms with Crippen LogP contribution in [0.2, 0.25) is 0 Å². The van der Waals surface area contributed by atoms with Gasteiger partial charge in [0.1, 0.15) is 5.82 Å². The summed E-state index contributed by atoms with van der Waals surface area (Å²) in [6.07, 6.45) is 4.33. The lowest BCUT2D eigenvalue weighted by atomic mass is 9.75. The Kier molecular flexibility index (Phi) is 3.27. The van der Waals surface area contributed by atoms with Crippen LogP contribution in [0.3, 0.4) is 0 Å². The van der Waals surface area contributed by atoms with Crippen molar-refractivity contribution in [1.29, 1.82) is 0 Å². The van der Waals surface area contributed by atoms with Crippen molar-refractivity contribution < 1.29 is 0 Å². The second-order valence-electron chi connectivity index (χ2n) is 6.07. The molecule has 1 saturated heterocycles. The fourth-order valence-corrected chi connectivity index (χ4v) is 2.64. The quantitative estimate of drug-likeness (QED) is 0.811. The summed E-state index contributed by atoms with van der Waals surface area (Å²) >= 11 is 0. The second kappa shape index (κ2) is 4.55. The Morgan fingerprint density at radius 2 is 1.94 bits per heavy atom. The Morgan fingerprint density at radius 3 is 2.47 bits per heavy atom. The number of hydrogen-bond acceptors (Lipinski definition) is 3. The van der Waals surface area contributed by atoms with Crippen molar-refractivity contribution in [2.24, 2.45) is 11.3 Å². The molecule has 0 spiro atoms. The Labute approximate surface area is 104 Å². The van der Waals surface area contributed by atoms with E-state index < -0.39 is 0 Å². The summed E-state index contributed by atoms with van der Waals surface area (Å²) in [4.78, 5) is 6.46. The first kappa shape index (κ1) is 12.2. The molecule has 1 aliphatic rings. The Balaban J connectivity index is 2.00. The second-order valence-corrected chi connectivity index (χ2v) is 6.07. The molecule has 0 saturated carbocycles. The van der Waals surface area contributed by atoms with Crippen LogP contribution in [0.5, 0.6) is 0 Å². The van der Waals surface area contributed by atoms with Crippen LogP contribution >= 0.6 is 0 Å². The van der Waals surface area contributed by atoms with Crippen molar-refractivity contribution in [3.05, 3.63) is 18.3 Å². The zero-order valence-electron chi connectivity index (χ0n) is 11.1. The third-order valence-electron chi connectivity index (χ3n) is 3.85. The van der Waals surface area contributed by atoms with Gasteiger partial charge in [-0.25, -0.2) is 4.98 Å². The third-order valence-corrected chi connectivity index (χ3v) is 3.85. The Morgan fingerprint density at radius 1 is 1.29 bits per heavy atom. The number of piperidine rings is 1. The number of nitrogen functional groups attached to an aromatic ring is 1. The maximum atomic E-state index is 5.72. The average molecular weight is 233 g/mol. The summed E-state index contributed by atoms with van der Waals surface area (Å²) in [5.74, 6) is 1.44. The van der Waals surface area contributed by atoms with Crippen molar-refractivity contribution in [1.82, 2.24) is 4.98 Å². The van der Waals surface area contributed by atoms with Gasteiger partial charge in [-0.15, -0.1) is 0 Å². The number of rotatable bonds is 1. The summed E-state index contributed by atoms with van der Waals surface area (Å²) in [6, 6.07) is 4.02. The van der Waals surface area contributed by atoms with Crippen LogP contribution in [0, 0.1) is 11.3 Å².